The Bertz CT molecular complexity index is 985. The molecule has 0 amide bonds. The predicted octanol–water partition coefficient (Wildman–Crippen LogP) is 1.77. The first-order valence-electron chi connectivity index (χ1n) is 7.98. The van der Waals surface area contributed by atoms with Gasteiger partial charge in [-0.25, -0.2) is 9.97 Å². The van der Waals surface area contributed by atoms with E-state index in [2.05, 4.69) is 36.1 Å². The molecule has 0 aliphatic rings. The summed E-state index contributed by atoms with van der Waals surface area (Å²) >= 11 is 0. The van der Waals surface area contributed by atoms with Gasteiger partial charge in [0.25, 0.3) is 0 Å². The summed E-state index contributed by atoms with van der Waals surface area (Å²) in [5, 5.41) is 8.18. The Morgan fingerprint density at radius 3 is 2.72 bits per heavy atom. The molecule has 0 aliphatic carbocycles. The molecule has 0 saturated heterocycles. The third-order valence-electron chi connectivity index (χ3n) is 4.06. The van der Waals surface area contributed by atoms with Gasteiger partial charge in [-0.3, -0.25) is 9.38 Å². The van der Waals surface area contributed by atoms with Gasteiger partial charge in [0.05, 0.1) is 6.54 Å². The summed E-state index contributed by atoms with van der Waals surface area (Å²) in [5.74, 6) is 1.66. The molecule has 4 heterocycles. The molecule has 4 aromatic rings. The molecule has 4 rings (SSSR count). The number of aryl methyl sites for hydroxylation is 2. The lowest BCUT2D eigenvalue weighted by atomic mass is 10.2. The summed E-state index contributed by atoms with van der Waals surface area (Å²) < 4.78 is 3.88. The number of rotatable bonds is 5. The Kier molecular flexibility index (Phi) is 3.85. The van der Waals surface area contributed by atoms with E-state index < -0.39 is 0 Å². The molecule has 0 bridgehead atoms. The number of aromatic nitrogens is 7. The van der Waals surface area contributed by atoms with Crippen LogP contribution in [0.25, 0.3) is 5.65 Å². The van der Waals surface area contributed by atoms with Gasteiger partial charge in [0.15, 0.2) is 5.82 Å². The van der Waals surface area contributed by atoms with Crippen LogP contribution < -0.4 is 4.90 Å². The molecule has 0 atom stereocenters. The molecule has 0 saturated carbocycles. The van der Waals surface area contributed by atoms with Gasteiger partial charge in [-0.05, 0) is 24.6 Å². The second kappa shape index (κ2) is 6.31. The molecule has 0 N–H and O–H groups in total. The van der Waals surface area contributed by atoms with E-state index in [1.54, 1.807) is 18.7 Å². The topological polar surface area (TPSA) is 77.0 Å². The third-order valence-corrected chi connectivity index (χ3v) is 4.06. The summed E-state index contributed by atoms with van der Waals surface area (Å²) in [6.45, 7) is 3.22. The second-order valence-electron chi connectivity index (χ2n) is 5.92. The fourth-order valence-corrected chi connectivity index (χ4v) is 2.70. The highest BCUT2D eigenvalue weighted by molar-refractivity contribution is 5.46. The van der Waals surface area contributed by atoms with Crippen LogP contribution in [0.1, 0.15) is 17.1 Å². The first kappa shape index (κ1) is 15.3. The quantitative estimate of drug-likeness (QED) is 0.553. The third kappa shape index (κ3) is 3.06. The van der Waals surface area contributed by atoms with Crippen LogP contribution in [0.5, 0.6) is 0 Å². The van der Waals surface area contributed by atoms with Crippen molar-refractivity contribution in [3.63, 3.8) is 0 Å². The summed E-state index contributed by atoms with van der Waals surface area (Å²) in [7, 11) is 1.94. The zero-order valence-corrected chi connectivity index (χ0v) is 14.1. The smallest absolute Gasteiger partial charge is 0.212 e. The van der Waals surface area contributed by atoms with Gasteiger partial charge in [0.1, 0.15) is 12.0 Å². The van der Waals surface area contributed by atoms with Gasteiger partial charge >= 0.3 is 0 Å². The van der Waals surface area contributed by atoms with Crippen LogP contribution >= 0.6 is 0 Å². The van der Waals surface area contributed by atoms with E-state index in [1.165, 1.54) is 0 Å². The molecule has 25 heavy (non-hydrogen) atoms. The minimum atomic E-state index is 0.578. The van der Waals surface area contributed by atoms with Gasteiger partial charge in [0, 0.05) is 44.1 Å². The van der Waals surface area contributed by atoms with Gasteiger partial charge in [0.2, 0.25) is 5.95 Å². The Morgan fingerprint density at radius 1 is 1.04 bits per heavy atom. The molecule has 0 radical (unpaired) electrons. The number of nitrogens with zero attached hydrogens (tertiary/aromatic N) is 8. The van der Waals surface area contributed by atoms with Crippen LogP contribution in [0.2, 0.25) is 0 Å². The highest BCUT2D eigenvalue weighted by Crippen LogP contribution is 2.18. The fraction of sp³-hybridized carbons (Fsp3) is 0.235. The molecule has 8 nitrogen and oxygen atoms in total. The molecule has 0 aliphatic heterocycles. The number of pyridine rings is 1. The minimum absolute atomic E-state index is 0.578. The lowest BCUT2D eigenvalue weighted by Crippen LogP contribution is -2.27. The molecule has 126 valence electrons. The van der Waals surface area contributed by atoms with Crippen LogP contribution in [0.4, 0.5) is 5.95 Å². The number of imidazole rings is 1. The first-order valence-corrected chi connectivity index (χ1v) is 7.98. The van der Waals surface area contributed by atoms with Crippen LogP contribution in [-0.4, -0.2) is 34.1 Å². The van der Waals surface area contributed by atoms with Crippen molar-refractivity contribution in [2.24, 2.45) is 7.05 Å². The number of hydrogen-bond acceptors (Lipinski definition) is 6. The van der Waals surface area contributed by atoms with Gasteiger partial charge in [-0.15, -0.1) is 10.2 Å². The largest absolute Gasteiger partial charge is 0.330 e. The predicted molar refractivity (Wildman–Crippen MR) is 92.9 cm³/mol. The maximum Gasteiger partial charge on any atom is 0.212 e. The Morgan fingerprint density at radius 2 is 1.96 bits per heavy atom. The van der Waals surface area contributed by atoms with Crippen LogP contribution in [-0.2, 0) is 20.1 Å². The monoisotopic (exact) mass is 334 g/mol. The van der Waals surface area contributed by atoms with E-state index in [0.29, 0.717) is 13.1 Å². The van der Waals surface area contributed by atoms with Crippen molar-refractivity contribution in [2.75, 3.05) is 4.90 Å². The van der Waals surface area contributed by atoms with E-state index in [4.69, 9.17) is 0 Å². The van der Waals surface area contributed by atoms with Gasteiger partial charge < -0.3 is 9.47 Å². The van der Waals surface area contributed by atoms with E-state index >= 15 is 0 Å². The minimum Gasteiger partial charge on any atom is -0.330 e. The lowest BCUT2D eigenvalue weighted by Gasteiger charge is -2.23. The second-order valence-corrected chi connectivity index (χ2v) is 5.92. The fourth-order valence-electron chi connectivity index (χ4n) is 2.70. The van der Waals surface area contributed by atoms with Crippen molar-refractivity contribution < 1.29 is 0 Å². The summed E-state index contributed by atoms with van der Waals surface area (Å²) in [5.41, 5.74) is 2.96. The van der Waals surface area contributed by atoms with Gasteiger partial charge in [-0.1, -0.05) is 6.07 Å². The summed E-state index contributed by atoms with van der Waals surface area (Å²) in [6, 6.07) is 5.98. The number of hydrogen-bond donors (Lipinski definition) is 0. The molecule has 0 spiro atoms. The average molecular weight is 334 g/mol. The highest BCUT2D eigenvalue weighted by Gasteiger charge is 2.16. The average Bonchev–Trinajstić information content (AvgIpc) is 3.25. The first-order chi connectivity index (χ1) is 12.2. The van der Waals surface area contributed by atoms with Crippen LogP contribution in [0.3, 0.4) is 0 Å². The van der Waals surface area contributed by atoms with E-state index in [0.717, 1.165) is 28.7 Å². The summed E-state index contributed by atoms with van der Waals surface area (Å²) in [6.07, 6.45) is 9.05. The summed E-state index contributed by atoms with van der Waals surface area (Å²) in [4.78, 5) is 15.5. The molecular weight excluding hydrogens is 316 g/mol. The van der Waals surface area contributed by atoms with Crippen molar-refractivity contribution in [2.45, 2.75) is 20.0 Å². The van der Waals surface area contributed by atoms with E-state index in [-0.39, 0.29) is 0 Å². The number of anilines is 1. The Labute approximate surface area is 144 Å². The normalized spacial score (nSPS) is 11.1. The van der Waals surface area contributed by atoms with Crippen molar-refractivity contribution in [1.29, 1.82) is 0 Å². The molecule has 8 heteroatoms. The molecular formula is C17H18N8. The van der Waals surface area contributed by atoms with E-state index in [9.17, 15) is 0 Å². The zero-order valence-electron chi connectivity index (χ0n) is 14.1. The molecule has 0 aromatic carbocycles. The maximum absolute atomic E-state index is 4.57. The molecule has 0 fully saturated rings. The maximum atomic E-state index is 4.57. The SMILES string of the molecule is Cc1ccc(CN(Cc2nncn2C)c2nccc3nccn23)cn1. The van der Waals surface area contributed by atoms with Crippen molar-refractivity contribution in [3.8, 4) is 0 Å². The van der Waals surface area contributed by atoms with Crippen molar-refractivity contribution in [1.82, 2.24) is 34.1 Å². The lowest BCUT2D eigenvalue weighted by molar-refractivity contribution is 0.688. The van der Waals surface area contributed by atoms with Gasteiger partial charge in [-0.2, -0.15) is 0 Å². The van der Waals surface area contributed by atoms with Crippen LogP contribution in [0.15, 0.2) is 49.3 Å². The standard InChI is InChI=1S/C17H18N8/c1-13-3-4-14(9-20-13)10-24(11-16-22-21-12-23(16)2)17-19-6-5-15-18-7-8-25(15)17/h3-9,12H,10-11H2,1-2H3. The Hall–Kier alpha value is -3.29. The van der Waals surface area contributed by atoms with E-state index in [1.807, 2.05) is 47.5 Å². The number of fused-ring (bicyclic) bond motifs is 1. The molecule has 4 aromatic heterocycles. The Balaban J connectivity index is 1.73. The highest BCUT2D eigenvalue weighted by atomic mass is 15.3. The van der Waals surface area contributed by atoms with Crippen molar-refractivity contribution >= 4 is 11.6 Å². The molecule has 0 unspecified atom stereocenters. The zero-order chi connectivity index (χ0) is 17.2. The van der Waals surface area contributed by atoms with Crippen molar-refractivity contribution in [3.05, 3.63) is 66.4 Å². The van der Waals surface area contributed by atoms with Crippen LogP contribution in [0, 0.1) is 6.92 Å².